The first-order valence-corrected chi connectivity index (χ1v) is 15.3. The van der Waals surface area contributed by atoms with E-state index in [0.29, 0.717) is 43.2 Å². The van der Waals surface area contributed by atoms with Crippen molar-refractivity contribution in [1.29, 1.82) is 0 Å². The van der Waals surface area contributed by atoms with Gasteiger partial charge in [-0.05, 0) is 65.4 Å². The number of ether oxygens (including phenoxy) is 2. The Hall–Kier alpha value is -4.91. The SMILES string of the molecule is CC(O)C(Cc1cccc(C(N)=O)c1)C(NCc1ccccc1)c1ccc(OCc2ccccc2)c(OCc2ccccc2)c1. The lowest BCUT2D eigenvalue weighted by Gasteiger charge is -2.32. The summed E-state index contributed by atoms with van der Waals surface area (Å²) in [5.41, 5.74) is 11.1. The fraction of sp³-hybridized carbons (Fsp3) is 0.205. The molecule has 0 aliphatic heterocycles. The summed E-state index contributed by atoms with van der Waals surface area (Å²) in [7, 11) is 0. The maximum atomic E-state index is 11.9. The van der Waals surface area contributed by atoms with Crippen molar-refractivity contribution in [1.82, 2.24) is 5.32 Å². The van der Waals surface area contributed by atoms with Crippen LogP contribution >= 0.6 is 0 Å². The fourth-order valence-corrected chi connectivity index (χ4v) is 5.45. The van der Waals surface area contributed by atoms with Crippen LogP contribution in [0.5, 0.6) is 11.5 Å². The van der Waals surface area contributed by atoms with Gasteiger partial charge in [-0.2, -0.15) is 0 Å². The van der Waals surface area contributed by atoms with Crippen molar-refractivity contribution in [2.45, 2.75) is 45.2 Å². The number of aliphatic hydroxyl groups excluding tert-OH is 1. The number of hydrogen-bond donors (Lipinski definition) is 3. The molecule has 0 aliphatic carbocycles. The van der Waals surface area contributed by atoms with E-state index >= 15 is 0 Å². The maximum Gasteiger partial charge on any atom is 0.248 e. The highest BCUT2D eigenvalue weighted by atomic mass is 16.5. The smallest absolute Gasteiger partial charge is 0.248 e. The molecule has 45 heavy (non-hydrogen) atoms. The summed E-state index contributed by atoms with van der Waals surface area (Å²) in [5, 5.41) is 14.9. The largest absolute Gasteiger partial charge is 0.485 e. The third-order valence-electron chi connectivity index (χ3n) is 7.90. The fourth-order valence-electron chi connectivity index (χ4n) is 5.45. The Balaban J connectivity index is 1.49. The van der Waals surface area contributed by atoms with Gasteiger partial charge in [0.15, 0.2) is 11.5 Å². The molecule has 0 bridgehead atoms. The molecule has 6 nitrogen and oxygen atoms in total. The van der Waals surface area contributed by atoms with Gasteiger partial charge in [0.2, 0.25) is 5.91 Å². The second-order valence-corrected chi connectivity index (χ2v) is 11.3. The zero-order valence-corrected chi connectivity index (χ0v) is 25.5. The Labute approximate surface area is 265 Å². The monoisotopic (exact) mass is 600 g/mol. The third-order valence-corrected chi connectivity index (χ3v) is 7.90. The molecule has 5 rings (SSSR count). The molecule has 0 aromatic heterocycles. The van der Waals surface area contributed by atoms with Gasteiger partial charge in [0.25, 0.3) is 0 Å². The molecule has 0 radical (unpaired) electrons. The van der Waals surface area contributed by atoms with E-state index in [1.54, 1.807) is 12.1 Å². The summed E-state index contributed by atoms with van der Waals surface area (Å²) >= 11 is 0. The number of aliphatic hydroxyl groups is 1. The van der Waals surface area contributed by atoms with Crippen molar-refractivity contribution in [3.05, 3.63) is 167 Å². The van der Waals surface area contributed by atoms with Gasteiger partial charge < -0.3 is 25.6 Å². The molecule has 0 saturated carbocycles. The number of benzene rings is 5. The van der Waals surface area contributed by atoms with Crippen LogP contribution in [0.4, 0.5) is 0 Å². The quantitative estimate of drug-likeness (QED) is 0.120. The average molecular weight is 601 g/mol. The lowest BCUT2D eigenvalue weighted by atomic mass is 9.83. The number of nitrogens with one attached hydrogen (secondary N) is 1. The highest BCUT2D eigenvalue weighted by Crippen LogP contribution is 2.36. The van der Waals surface area contributed by atoms with Crippen molar-refractivity contribution < 1.29 is 19.4 Å². The molecule has 5 aromatic carbocycles. The second kappa shape index (κ2) is 15.7. The van der Waals surface area contributed by atoms with Gasteiger partial charge >= 0.3 is 0 Å². The van der Waals surface area contributed by atoms with Crippen LogP contribution in [0.1, 0.15) is 51.1 Å². The van der Waals surface area contributed by atoms with Crippen molar-refractivity contribution in [2.75, 3.05) is 0 Å². The minimum absolute atomic E-state index is 0.241. The molecule has 5 aromatic rings. The highest BCUT2D eigenvalue weighted by molar-refractivity contribution is 5.92. The van der Waals surface area contributed by atoms with E-state index in [1.807, 2.05) is 116 Å². The van der Waals surface area contributed by atoms with Crippen LogP contribution in [0.2, 0.25) is 0 Å². The van der Waals surface area contributed by atoms with Gasteiger partial charge in [-0.1, -0.05) is 109 Å². The van der Waals surface area contributed by atoms with E-state index in [4.69, 9.17) is 15.2 Å². The van der Waals surface area contributed by atoms with Crippen molar-refractivity contribution in [2.24, 2.45) is 11.7 Å². The number of carbonyl (C=O) groups is 1. The standard InChI is InChI=1S/C39H40N2O4/c1-28(42)35(23-32-18-11-19-34(22-32)39(40)43)38(41-25-29-12-5-2-6-13-29)33-20-21-36(44-26-30-14-7-3-8-15-30)37(24-33)45-27-31-16-9-4-10-17-31/h2-22,24,28,35,38,41-42H,23,25-27H2,1H3,(H2,40,43). The molecule has 4 N–H and O–H groups in total. The van der Waals surface area contributed by atoms with Crippen LogP contribution in [-0.2, 0) is 26.2 Å². The minimum Gasteiger partial charge on any atom is -0.485 e. The average Bonchev–Trinajstić information content (AvgIpc) is 3.07. The van der Waals surface area contributed by atoms with Gasteiger partial charge in [-0.3, -0.25) is 4.79 Å². The first-order valence-electron chi connectivity index (χ1n) is 15.3. The van der Waals surface area contributed by atoms with Crippen molar-refractivity contribution >= 4 is 5.91 Å². The van der Waals surface area contributed by atoms with E-state index in [2.05, 4.69) is 17.4 Å². The van der Waals surface area contributed by atoms with Crippen LogP contribution < -0.4 is 20.5 Å². The first-order chi connectivity index (χ1) is 22.0. The van der Waals surface area contributed by atoms with Gasteiger partial charge in [0.05, 0.1) is 6.10 Å². The molecule has 0 spiro atoms. The lowest BCUT2D eigenvalue weighted by molar-refractivity contribution is 0.0984. The normalized spacial score (nSPS) is 13.0. The van der Waals surface area contributed by atoms with Crippen LogP contribution in [0.25, 0.3) is 0 Å². The number of primary amides is 1. The Morgan fingerprint density at radius 2 is 1.24 bits per heavy atom. The molecule has 0 heterocycles. The third kappa shape index (κ3) is 9.05. The predicted octanol–water partition coefficient (Wildman–Crippen LogP) is 7.01. The molecule has 1 amide bonds. The van der Waals surface area contributed by atoms with E-state index in [0.717, 1.165) is 27.8 Å². The van der Waals surface area contributed by atoms with Crippen LogP contribution in [0.15, 0.2) is 133 Å². The highest BCUT2D eigenvalue weighted by Gasteiger charge is 2.29. The zero-order valence-electron chi connectivity index (χ0n) is 25.5. The molecule has 0 fully saturated rings. The molecule has 0 saturated heterocycles. The van der Waals surface area contributed by atoms with E-state index < -0.39 is 12.0 Å². The molecule has 230 valence electrons. The first kappa shape index (κ1) is 31.5. The minimum atomic E-state index is -0.668. The summed E-state index contributed by atoms with van der Waals surface area (Å²) in [6, 6.07) is 43.3. The van der Waals surface area contributed by atoms with Crippen LogP contribution in [0, 0.1) is 5.92 Å². The molecular formula is C39H40N2O4. The van der Waals surface area contributed by atoms with Gasteiger partial charge in [0.1, 0.15) is 13.2 Å². The summed E-state index contributed by atoms with van der Waals surface area (Å²) in [5.74, 6) is 0.548. The topological polar surface area (TPSA) is 93.8 Å². The van der Waals surface area contributed by atoms with Gasteiger partial charge in [-0.25, -0.2) is 0 Å². The Kier molecular flexibility index (Phi) is 11.0. The van der Waals surface area contributed by atoms with Gasteiger partial charge in [-0.15, -0.1) is 0 Å². The Morgan fingerprint density at radius 1 is 0.689 bits per heavy atom. The number of carbonyl (C=O) groups excluding carboxylic acids is 1. The molecule has 0 aliphatic rings. The molecule has 3 unspecified atom stereocenters. The number of nitrogens with two attached hydrogens (primary N) is 1. The lowest BCUT2D eigenvalue weighted by Crippen LogP contribution is -2.35. The van der Waals surface area contributed by atoms with Crippen molar-refractivity contribution in [3.8, 4) is 11.5 Å². The summed E-state index contributed by atoms with van der Waals surface area (Å²) < 4.78 is 12.7. The van der Waals surface area contributed by atoms with E-state index in [9.17, 15) is 9.90 Å². The second-order valence-electron chi connectivity index (χ2n) is 11.3. The summed E-state index contributed by atoms with van der Waals surface area (Å²) in [4.78, 5) is 11.9. The summed E-state index contributed by atoms with van der Waals surface area (Å²) in [6.07, 6.45) is -0.143. The van der Waals surface area contributed by atoms with Crippen LogP contribution in [0.3, 0.4) is 0 Å². The number of rotatable bonds is 15. The Bertz CT molecular complexity index is 1640. The predicted molar refractivity (Wildman–Crippen MR) is 178 cm³/mol. The summed E-state index contributed by atoms with van der Waals surface area (Å²) in [6.45, 7) is 3.20. The molecular weight excluding hydrogens is 560 g/mol. The molecule has 6 heteroatoms. The van der Waals surface area contributed by atoms with Gasteiger partial charge in [0, 0.05) is 24.1 Å². The van der Waals surface area contributed by atoms with Crippen molar-refractivity contribution in [3.63, 3.8) is 0 Å². The number of amides is 1. The zero-order chi connectivity index (χ0) is 31.4. The molecule has 3 atom stereocenters. The van der Waals surface area contributed by atoms with E-state index in [-0.39, 0.29) is 12.0 Å². The van der Waals surface area contributed by atoms with E-state index in [1.165, 1.54) is 0 Å². The van der Waals surface area contributed by atoms with Crippen LogP contribution in [-0.4, -0.2) is 17.1 Å². The Morgan fingerprint density at radius 3 is 1.82 bits per heavy atom. The number of hydrogen-bond acceptors (Lipinski definition) is 5. The maximum absolute atomic E-state index is 11.9.